The van der Waals surface area contributed by atoms with E-state index in [-0.39, 0.29) is 0 Å². The van der Waals surface area contributed by atoms with Crippen molar-refractivity contribution in [2.75, 3.05) is 0 Å². The Labute approximate surface area is 165 Å². The average Bonchev–Trinajstić information content (AvgIpc) is 3.34. The maximum atomic E-state index is 4.46. The van der Waals surface area contributed by atoms with Gasteiger partial charge in [0.25, 0.3) is 0 Å². The number of hydrogen-bond donors (Lipinski definition) is 0. The van der Waals surface area contributed by atoms with Crippen molar-refractivity contribution in [1.82, 2.24) is 0 Å². The van der Waals surface area contributed by atoms with Crippen LogP contribution in [0.1, 0.15) is 26.7 Å². The van der Waals surface area contributed by atoms with Crippen molar-refractivity contribution in [2.24, 2.45) is 0 Å². The summed E-state index contributed by atoms with van der Waals surface area (Å²) in [5, 5.41) is 0. The second kappa shape index (κ2) is 9.19. The predicted octanol–water partition coefficient (Wildman–Crippen LogP) is 6.86. The molecule has 4 rings (SSSR count). The Morgan fingerprint density at radius 3 is 1.81 bits per heavy atom. The van der Waals surface area contributed by atoms with Crippen molar-refractivity contribution in [1.29, 1.82) is 0 Å². The summed E-state index contributed by atoms with van der Waals surface area (Å²) in [6.45, 7) is 4.47. The summed E-state index contributed by atoms with van der Waals surface area (Å²) < 4.78 is 7.80. The van der Waals surface area contributed by atoms with E-state index in [2.05, 4.69) is 90.9 Å². The quantitative estimate of drug-likeness (QED) is 0.512. The van der Waals surface area contributed by atoms with Crippen LogP contribution in [0.3, 0.4) is 0 Å². The molecule has 0 spiro atoms. The van der Waals surface area contributed by atoms with Gasteiger partial charge in [-0.15, -0.1) is 0 Å². The number of benzene rings is 2. The summed E-state index contributed by atoms with van der Waals surface area (Å²) in [5.41, 5.74) is 5.58. The minimum Gasteiger partial charge on any atom is -0.0622 e. The summed E-state index contributed by atoms with van der Waals surface area (Å²) >= 11 is -1.60. The molecule has 0 radical (unpaired) electrons. The monoisotopic (exact) mass is 416 g/mol. The van der Waals surface area contributed by atoms with Crippen LogP contribution in [-0.4, -0.2) is 4.21 Å². The molecule has 2 aromatic rings. The third-order valence-corrected chi connectivity index (χ3v) is 10.5. The van der Waals surface area contributed by atoms with Gasteiger partial charge in [-0.1, -0.05) is 60.7 Å². The van der Waals surface area contributed by atoms with Gasteiger partial charge < -0.3 is 0 Å². The van der Waals surface area contributed by atoms with Crippen molar-refractivity contribution in [3.8, 4) is 11.1 Å². The minimum absolute atomic E-state index is 1.17. The molecule has 0 aromatic heterocycles. The van der Waals surface area contributed by atoms with Gasteiger partial charge >= 0.3 is 94.2 Å². The molecule has 0 saturated heterocycles. The van der Waals surface area contributed by atoms with Crippen LogP contribution in [0.4, 0.5) is 0 Å². The molecule has 0 amide bonds. The van der Waals surface area contributed by atoms with Gasteiger partial charge in [-0.3, -0.25) is 0 Å². The van der Waals surface area contributed by atoms with Crippen molar-refractivity contribution in [3.05, 3.63) is 103 Å². The molecule has 2 aromatic carbocycles. The van der Waals surface area contributed by atoms with E-state index in [1.165, 1.54) is 29.5 Å². The zero-order chi connectivity index (χ0) is 18.4. The van der Waals surface area contributed by atoms with Gasteiger partial charge in [0.1, 0.15) is 0 Å². The van der Waals surface area contributed by atoms with Gasteiger partial charge in [0.2, 0.25) is 0 Å². The van der Waals surface area contributed by atoms with E-state index in [1.54, 1.807) is 12.1 Å². The number of rotatable bonds is 3. The second-order valence-electron chi connectivity index (χ2n) is 6.84. The predicted molar refractivity (Wildman–Crippen MR) is 112 cm³/mol. The van der Waals surface area contributed by atoms with E-state index in [9.17, 15) is 0 Å². The molecule has 26 heavy (non-hydrogen) atoms. The largest absolute Gasteiger partial charge is 0.0622 e. The zero-order valence-corrected chi connectivity index (χ0v) is 18.2. The smallest absolute Gasteiger partial charge is 0.0184 e. The summed E-state index contributed by atoms with van der Waals surface area (Å²) in [7, 11) is 0. The van der Waals surface area contributed by atoms with E-state index < -0.39 is 21.3 Å². The van der Waals surface area contributed by atoms with Crippen LogP contribution in [0, 0.1) is 0 Å². The Kier molecular flexibility index (Phi) is 6.69. The fraction of sp³-hybridized carbons (Fsp3) is 0.160. The third-order valence-electron chi connectivity index (χ3n) is 4.95. The number of allylic oxidation sites excluding steroid dienone is 8. The standard InChI is InChI=1S/C12H10.C7H9.C5H5.CH2.Zr/c1-3-7-11(8-4-1)12-9-5-2-6-10-12;1-6-4-3-5-7(6)2;1-2-4-5-3-1;;/h1-10H;4H,5H2,1-2H3;1-3H,4H2;1H2;. The Morgan fingerprint density at radius 1 is 0.808 bits per heavy atom. The molecule has 2 aliphatic rings. The maximum Gasteiger partial charge on any atom is -0.0184 e. The SMILES string of the molecule is [CH2]=[Zr]([C]1=CC=CC1)[C]1=CC(C)=C(C)C1.c1ccc(-c2ccccc2)cc1. The molecule has 1 heteroatoms. The van der Waals surface area contributed by atoms with Crippen molar-refractivity contribution in [3.63, 3.8) is 0 Å². The van der Waals surface area contributed by atoms with E-state index in [0.717, 1.165) is 0 Å². The molecule has 0 unspecified atom stereocenters. The molecule has 0 atom stereocenters. The van der Waals surface area contributed by atoms with Crippen LogP contribution in [0.25, 0.3) is 11.1 Å². The average molecular weight is 418 g/mol. The third kappa shape index (κ3) is 4.86. The molecule has 130 valence electrons. The molecular weight excluding hydrogens is 391 g/mol. The summed E-state index contributed by atoms with van der Waals surface area (Å²) in [6.07, 6.45) is 11.5. The summed E-state index contributed by atoms with van der Waals surface area (Å²) in [4.78, 5) is 0. The van der Waals surface area contributed by atoms with E-state index in [4.69, 9.17) is 0 Å². The minimum atomic E-state index is -1.60. The first kappa shape index (κ1) is 18.9. The van der Waals surface area contributed by atoms with Crippen molar-refractivity contribution < 1.29 is 21.3 Å². The van der Waals surface area contributed by atoms with E-state index >= 15 is 0 Å². The molecule has 0 bridgehead atoms. The van der Waals surface area contributed by atoms with Gasteiger partial charge in [0.15, 0.2) is 0 Å². The second-order valence-corrected chi connectivity index (χ2v) is 12.4. The van der Waals surface area contributed by atoms with E-state index in [1.807, 2.05) is 12.1 Å². The van der Waals surface area contributed by atoms with Gasteiger partial charge in [-0.25, -0.2) is 0 Å². The normalized spacial score (nSPS) is 15.3. The fourth-order valence-electron chi connectivity index (χ4n) is 3.19. The molecule has 0 fully saturated rings. The Bertz CT molecular complexity index is 856. The van der Waals surface area contributed by atoms with Crippen LogP contribution < -0.4 is 0 Å². The summed E-state index contributed by atoms with van der Waals surface area (Å²) in [6, 6.07) is 20.8. The molecule has 0 heterocycles. The van der Waals surface area contributed by atoms with Crippen molar-refractivity contribution >= 4 is 4.21 Å². The van der Waals surface area contributed by atoms with Gasteiger partial charge in [-0.2, -0.15) is 0 Å². The first-order valence-electron chi connectivity index (χ1n) is 9.18. The first-order chi connectivity index (χ1) is 12.6. The topological polar surface area (TPSA) is 0 Å². The molecule has 0 nitrogen and oxygen atoms in total. The van der Waals surface area contributed by atoms with Crippen LogP contribution in [0.2, 0.25) is 0 Å². The first-order valence-corrected chi connectivity index (χ1v) is 13.4. The Balaban J connectivity index is 0.000000152. The van der Waals surface area contributed by atoms with Crippen molar-refractivity contribution in [2.45, 2.75) is 26.7 Å². The zero-order valence-electron chi connectivity index (χ0n) is 15.7. The van der Waals surface area contributed by atoms with Gasteiger partial charge in [0, 0.05) is 0 Å². The molecule has 0 saturated carbocycles. The molecule has 0 N–H and O–H groups in total. The van der Waals surface area contributed by atoms with Gasteiger partial charge in [0.05, 0.1) is 0 Å². The molecule has 0 aliphatic heterocycles. The Morgan fingerprint density at radius 2 is 1.38 bits per heavy atom. The molecule has 2 aliphatic carbocycles. The van der Waals surface area contributed by atoms with Crippen LogP contribution in [-0.2, 0) is 21.3 Å². The number of hydrogen-bond acceptors (Lipinski definition) is 0. The van der Waals surface area contributed by atoms with Crippen LogP contribution in [0.5, 0.6) is 0 Å². The summed E-state index contributed by atoms with van der Waals surface area (Å²) in [5.74, 6) is 0. The maximum absolute atomic E-state index is 4.46. The van der Waals surface area contributed by atoms with Gasteiger partial charge in [-0.05, 0) is 11.1 Å². The van der Waals surface area contributed by atoms with E-state index in [0.29, 0.717) is 0 Å². The van der Waals surface area contributed by atoms with Crippen LogP contribution in [0.15, 0.2) is 103 Å². The fourth-order valence-corrected chi connectivity index (χ4v) is 7.97. The Hall–Kier alpha value is -1.85. The van der Waals surface area contributed by atoms with Crippen LogP contribution >= 0.6 is 0 Å². The molecular formula is C25H26Zr.